The maximum Gasteiger partial charge on any atom is 0.160 e. The second kappa shape index (κ2) is 19.1. The van der Waals surface area contributed by atoms with Crippen LogP contribution in [0, 0.1) is 0 Å². The summed E-state index contributed by atoms with van der Waals surface area (Å²) in [5.41, 5.74) is 29.6. The lowest BCUT2D eigenvalue weighted by atomic mass is 9.82. The van der Waals surface area contributed by atoms with E-state index in [2.05, 4.69) is 320 Å². The molecule has 5 nitrogen and oxygen atoms in total. The highest BCUT2D eigenvalue weighted by Gasteiger charge is 2.37. The van der Waals surface area contributed by atoms with Crippen LogP contribution in [0.25, 0.3) is 161 Å². The van der Waals surface area contributed by atoms with Crippen LogP contribution < -0.4 is 0 Å². The minimum atomic E-state index is -0.144. The zero-order chi connectivity index (χ0) is 60.4. The summed E-state index contributed by atoms with van der Waals surface area (Å²) in [5.74, 6) is 0.698. The lowest BCUT2D eigenvalue weighted by Crippen LogP contribution is -2.15. The highest BCUT2D eigenvalue weighted by molar-refractivity contribution is 6.15. The summed E-state index contributed by atoms with van der Waals surface area (Å²) < 4.78 is 7.37. The van der Waals surface area contributed by atoms with E-state index >= 15 is 0 Å². The predicted molar refractivity (Wildman–Crippen MR) is 379 cm³/mol. The molecule has 0 spiro atoms. The standard InChI is InChI=1S/C86H59N5/c1-85(2)72-28-13-8-23-61(72)63-39-37-59(50-74(63)85)90-78-32-17-12-26-66(78)69-47-54(34-42-80(69)90)56-36-44-82-71(49-56)70-48-55(35-43-81(70)91(82)60-38-40-64-62-24-9-14-29-73(62)86(3,4)75(64)51-60)53-33-41-79-68(46-53)65-25-11-16-31-77(65)89(79)58-22-18-21-57(45-58)84-87-76-30-15-10-27-67(76)83(88-84)52-19-6-5-7-20-52/h5-51H,1-4H3. The van der Waals surface area contributed by atoms with E-state index in [0.717, 1.165) is 55.7 Å². The fraction of sp³-hybridized carbons (Fsp3) is 0.0698. The van der Waals surface area contributed by atoms with E-state index in [0.29, 0.717) is 5.82 Å². The summed E-state index contributed by atoms with van der Waals surface area (Å²) >= 11 is 0. The van der Waals surface area contributed by atoms with Crippen molar-refractivity contribution in [2.45, 2.75) is 38.5 Å². The average molecular weight is 1160 g/mol. The molecule has 0 unspecified atom stereocenters. The summed E-state index contributed by atoms with van der Waals surface area (Å²) in [4.78, 5) is 10.4. The molecule has 91 heavy (non-hydrogen) atoms. The average Bonchev–Trinajstić information content (AvgIpc) is 1.64. The van der Waals surface area contributed by atoms with Crippen molar-refractivity contribution in [1.29, 1.82) is 0 Å². The van der Waals surface area contributed by atoms with Crippen LogP contribution in [0.2, 0.25) is 0 Å². The Morgan fingerprint density at radius 2 is 0.626 bits per heavy atom. The van der Waals surface area contributed by atoms with Crippen molar-refractivity contribution in [2.24, 2.45) is 0 Å². The van der Waals surface area contributed by atoms with Gasteiger partial charge in [0.1, 0.15) is 0 Å². The Labute approximate surface area is 527 Å². The highest BCUT2D eigenvalue weighted by atomic mass is 15.0. The predicted octanol–water partition coefficient (Wildman–Crippen LogP) is 22.2. The van der Waals surface area contributed by atoms with E-state index in [9.17, 15) is 0 Å². The molecule has 0 saturated carbocycles. The maximum atomic E-state index is 5.26. The second-order valence-electron chi connectivity index (χ2n) is 26.1. The molecule has 0 radical (unpaired) electrons. The van der Waals surface area contributed by atoms with Crippen LogP contribution in [0.3, 0.4) is 0 Å². The van der Waals surface area contributed by atoms with Crippen LogP contribution in [0.5, 0.6) is 0 Å². The minimum absolute atomic E-state index is 0.103. The Kier molecular flexibility index (Phi) is 10.8. The first-order valence-electron chi connectivity index (χ1n) is 31.7. The van der Waals surface area contributed by atoms with Gasteiger partial charge in [0.05, 0.1) is 44.3 Å². The first-order valence-corrected chi connectivity index (χ1v) is 31.7. The summed E-state index contributed by atoms with van der Waals surface area (Å²) in [5, 5.41) is 8.34. The molecule has 428 valence electrons. The number of hydrogen-bond donors (Lipinski definition) is 0. The van der Waals surface area contributed by atoms with Crippen LogP contribution in [0.4, 0.5) is 0 Å². The molecule has 5 heteroatoms. The molecule has 13 aromatic carbocycles. The van der Waals surface area contributed by atoms with Crippen LogP contribution in [0.1, 0.15) is 49.9 Å². The fourth-order valence-electron chi connectivity index (χ4n) is 16.0. The van der Waals surface area contributed by atoms with Gasteiger partial charge in [-0.25, -0.2) is 9.97 Å². The number of rotatable bonds is 7. The van der Waals surface area contributed by atoms with E-state index < -0.39 is 0 Å². The van der Waals surface area contributed by atoms with Gasteiger partial charge >= 0.3 is 0 Å². The van der Waals surface area contributed by atoms with Gasteiger partial charge in [-0.2, -0.15) is 0 Å². The molecule has 17 aromatic rings. The van der Waals surface area contributed by atoms with Crippen LogP contribution in [0.15, 0.2) is 285 Å². The quantitative estimate of drug-likeness (QED) is 0.160. The molecule has 0 N–H and O–H groups in total. The third kappa shape index (κ3) is 7.52. The van der Waals surface area contributed by atoms with Crippen LogP contribution in [-0.4, -0.2) is 23.7 Å². The molecule has 0 amide bonds. The molecule has 0 fully saturated rings. The van der Waals surface area contributed by atoms with Crippen molar-refractivity contribution in [2.75, 3.05) is 0 Å². The van der Waals surface area contributed by atoms with E-state index in [-0.39, 0.29) is 10.8 Å². The summed E-state index contributed by atoms with van der Waals surface area (Å²) in [6.07, 6.45) is 0. The molecule has 0 aliphatic heterocycles. The monoisotopic (exact) mass is 1160 g/mol. The van der Waals surface area contributed by atoms with Gasteiger partial charge in [-0.3, -0.25) is 0 Å². The van der Waals surface area contributed by atoms with Gasteiger partial charge in [0, 0.05) is 76.7 Å². The number of para-hydroxylation sites is 3. The number of benzene rings is 13. The van der Waals surface area contributed by atoms with Gasteiger partial charge in [-0.1, -0.05) is 210 Å². The van der Waals surface area contributed by atoms with E-state index in [1.165, 1.54) is 121 Å². The van der Waals surface area contributed by atoms with Crippen LogP contribution in [-0.2, 0) is 10.8 Å². The molecule has 2 aliphatic carbocycles. The number of aromatic nitrogens is 5. The van der Waals surface area contributed by atoms with Crippen molar-refractivity contribution in [3.63, 3.8) is 0 Å². The Morgan fingerprint density at radius 3 is 1.13 bits per heavy atom. The normalized spacial score (nSPS) is 13.7. The molecule has 0 atom stereocenters. The largest absolute Gasteiger partial charge is 0.309 e. The van der Waals surface area contributed by atoms with E-state index in [1.807, 2.05) is 6.07 Å². The van der Waals surface area contributed by atoms with Gasteiger partial charge < -0.3 is 13.7 Å². The first kappa shape index (κ1) is 51.6. The SMILES string of the molecule is CC1(C)c2ccccc2-c2ccc(-n3c4ccccc4c4cc(-c5ccc6c(c5)c5cc(-c7ccc8c(c7)c7ccccc7n8-c7cccc(-c8nc(-c9ccccc9)c9ccccc9n8)c7)ccc5n6-c5ccc6c(c5)C(C)(C)c5ccccc5-6)ccc43)cc21. The number of nitrogens with zero attached hydrogens (tertiary/aromatic N) is 5. The van der Waals surface area contributed by atoms with Gasteiger partial charge in [0.15, 0.2) is 5.82 Å². The Hall–Kier alpha value is -11.4. The maximum absolute atomic E-state index is 5.26. The molecule has 4 aromatic heterocycles. The minimum Gasteiger partial charge on any atom is -0.309 e. The van der Waals surface area contributed by atoms with Gasteiger partial charge in [0.2, 0.25) is 0 Å². The third-order valence-corrected chi connectivity index (χ3v) is 20.4. The van der Waals surface area contributed by atoms with Gasteiger partial charge in [-0.15, -0.1) is 0 Å². The first-order chi connectivity index (χ1) is 44.6. The molecular formula is C86H59N5. The Bertz CT molecular complexity index is 5970. The van der Waals surface area contributed by atoms with Crippen molar-refractivity contribution < 1.29 is 0 Å². The summed E-state index contributed by atoms with van der Waals surface area (Å²) in [7, 11) is 0. The highest BCUT2D eigenvalue weighted by Crippen LogP contribution is 2.52. The topological polar surface area (TPSA) is 40.6 Å². The third-order valence-electron chi connectivity index (χ3n) is 20.4. The lowest BCUT2D eigenvalue weighted by molar-refractivity contribution is 0.660. The van der Waals surface area contributed by atoms with Crippen molar-refractivity contribution >= 4 is 76.3 Å². The number of fused-ring (bicyclic) bond motifs is 16. The van der Waals surface area contributed by atoms with Crippen LogP contribution >= 0.6 is 0 Å². The molecule has 19 rings (SSSR count). The molecule has 4 heterocycles. The zero-order valence-electron chi connectivity index (χ0n) is 50.9. The van der Waals surface area contributed by atoms with E-state index in [4.69, 9.17) is 9.97 Å². The Morgan fingerprint density at radius 1 is 0.242 bits per heavy atom. The van der Waals surface area contributed by atoms with Crippen molar-refractivity contribution in [3.8, 4) is 84.2 Å². The van der Waals surface area contributed by atoms with Gasteiger partial charge in [-0.05, 0) is 170 Å². The summed E-state index contributed by atoms with van der Waals surface area (Å²) in [6, 6.07) is 106. The molecule has 2 aliphatic rings. The van der Waals surface area contributed by atoms with Gasteiger partial charge in [0.25, 0.3) is 0 Å². The lowest BCUT2D eigenvalue weighted by Gasteiger charge is -2.22. The fourth-order valence-corrected chi connectivity index (χ4v) is 16.0. The van der Waals surface area contributed by atoms with Crippen molar-refractivity contribution in [1.82, 2.24) is 23.7 Å². The van der Waals surface area contributed by atoms with E-state index in [1.54, 1.807) is 0 Å². The number of hydrogen-bond acceptors (Lipinski definition) is 2. The summed E-state index contributed by atoms with van der Waals surface area (Å²) in [6.45, 7) is 9.48. The molecular weight excluding hydrogens is 1100 g/mol. The molecule has 0 saturated heterocycles. The van der Waals surface area contributed by atoms with Crippen molar-refractivity contribution in [3.05, 3.63) is 307 Å². The smallest absolute Gasteiger partial charge is 0.160 e. The second-order valence-corrected chi connectivity index (χ2v) is 26.1. The molecule has 0 bridgehead atoms. The Balaban J connectivity index is 0.755. The zero-order valence-corrected chi connectivity index (χ0v) is 50.9.